The van der Waals surface area contributed by atoms with Crippen molar-refractivity contribution in [3.05, 3.63) is 308 Å². The second-order valence-corrected chi connectivity index (χ2v) is 21.0. The fraction of sp³-hybridized carbons (Fsp3) is 0.0400. The Balaban J connectivity index is 0.808. The van der Waals surface area contributed by atoms with Crippen LogP contribution in [-0.2, 0) is 5.41 Å². The third-order valence-corrected chi connectivity index (χ3v) is 16.0. The van der Waals surface area contributed by atoms with Crippen LogP contribution in [0.5, 0.6) is 0 Å². The van der Waals surface area contributed by atoms with Crippen molar-refractivity contribution in [3.8, 4) is 61.3 Å². The van der Waals surface area contributed by atoms with Gasteiger partial charge in [0.25, 0.3) is 0 Å². The molecular formula is C75H55N3. The predicted octanol–water partition coefficient (Wildman–Crippen LogP) is 20.7. The van der Waals surface area contributed by atoms with Crippen LogP contribution < -0.4 is 9.80 Å². The first kappa shape index (κ1) is 46.6. The highest BCUT2D eigenvalue weighted by Crippen LogP contribution is 2.50. The standard InChI is InChI=1S/C75H55N3/c1-75(2)71-26-16-15-25-67(71)68-46-45-66(51-72(68)75)78-73-47-39-58(56-31-27-52(28-32-56)54-35-41-64(42-36-54)76(60-17-7-3-8-18-60)61-19-9-4-10-20-61)49-69(73)70-50-59(40-48-74(70)78)57-33-29-53(30-34-57)55-37-43-65(44-38-55)77(62-21-11-5-12-22-62)63-23-13-6-14-24-63/h3-51H,1-2H3. The van der Waals surface area contributed by atoms with Crippen LogP contribution >= 0.6 is 0 Å². The molecule has 3 nitrogen and oxygen atoms in total. The van der Waals surface area contributed by atoms with Gasteiger partial charge in [-0.25, -0.2) is 0 Å². The minimum absolute atomic E-state index is 0.112. The van der Waals surface area contributed by atoms with E-state index in [1.807, 2.05) is 0 Å². The molecule has 0 fully saturated rings. The van der Waals surface area contributed by atoms with Gasteiger partial charge in [0, 0.05) is 56.0 Å². The summed E-state index contributed by atoms with van der Waals surface area (Å²) in [6.45, 7) is 4.73. The summed E-state index contributed by atoms with van der Waals surface area (Å²) in [6.07, 6.45) is 0. The van der Waals surface area contributed by atoms with Crippen LogP contribution in [0.1, 0.15) is 25.0 Å². The molecule has 0 N–H and O–H groups in total. The maximum absolute atomic E-state index is 2.48. The normalized spacial score (nSPS) is 12.3. The van der Waals surface area contributed by atoms with Crippen molar-refractivity contribution in [1.82, 2.24) is 4.57 Å². The molecule has 14 rings (SSSR count). The molecule has 1 aliphatic rings. The van der Waals surface area contributed by atoms with Crippen molar-refractivity contribution in [3.63, 3.8) is 0 Å². The number of hydrogen-bond donors (Lipinski definition) is 0. The van der Waals surface area contributed by atoms with Gasteiger partial charge in [-0.15, -0.1) is 0 Å². The summed E-state index contributed by atoms with van der Waals surface area (Å²) in [5, 5.41) is 2.45. The Morgan fingerprint density at radius 3 is 0.962 bits per heavy atom. The first-order valence-electron chi connectivity index (χ1n) is 27.0. The van der Waals surface area contributed by atoms with Crippen molar-refractivity contribution in [2.24, 2.45) is 0 Å². The second kappa shape index (κ2) is 19.3. The van der Waals surface area contributed by atoms with Crippen LogP contribution in [-0.4, -0.2) is 4.57 Å². The monoisotopic (exact) mass is 997 g/mol. The molecular weight excluding hydrogens is 943 g/mol. The van der Waals surface area contributed by atoms with Crippen LogP contribution in [0.25, 0.3) is 83.1 Å². The lowest BCUT2D eigenvalue weighted by atomic mass is 9.82. The highest BCUT2D eigenvalue weighted by Gasteiger charge is 2.35. The average molecular weight is 998 g/mol. The molecule has 13 aromatic rings. The number of aromatic nitrogens is 1. The number of anilines is 6. The quantitative estimate of drug-likeness (QED) is 0.128. The van der Waals surface area contributed by atoms with Crippen LogP contribution in [0, 0.1) is 0 Å². The summed E-state index contributed by atoms with van der Waals surface area (Å²) in [7, 11) is 0. The molecule has 12 aromatic carbocycles. The van der Waals surface area contributed by atoms with E-state index in [9.17, 15) is 0 Å². The van der Waals surface area contributed by atoms with Crippen molar-refractivity contribution in [2.75, 3.05) is 9.80 Å². The Morgan fingerprint density at radius 2 is 0.564 bits per heavy atom. The molecule has 0 unspecified atom stereocenters. The maximum atomic E-state index is 2.48. The zero-order valence-corrected chi connectivity index (χ0v) is 43.6. The Hall–Kier alpha value is -9.96. The summed E-state index contributed by atoms with van der Waals surface area (Å²) in [5.74, 6) is 0. The summed E-state index contributed by atoms with van der Waals surface area (Å²) in [5.41, 5.74) is 25.0. The van der Waals surface area contributed by atoms with Crippen molar-refractivity contribution in [2.45, 2.75) is 19.3 Å². The number of hydrogen-bond acceptors (Lipinski definition) is 2. The van der Waals surface area contributed by atoms with Crippen molar-refractivity contribution in [1.29, 1.82) is 0 Å². The lowest BCUT2D eigenvalue weighted by Crippen LogP contribution is -2.15. The van der Waals surface area contributed by atoms with E-state index in [1.54, 1.807) is 0 Å². The summed E-state index contributed by atoms with van der Waals surface area (Å²) in [6, 6.07) is 108. The molecule has 0 saturated heterocycles. The van der Waals surface area contributed by atoms with E-state index in [0.717, 1.165) is 34.1 Å². The van der Waals surface area contributed by atoms with E-state index >= 15 is 0 Å². The third kappa shape index (κ3) is 8.25. The Bertz CT molecular complexity index is 3970. The number of nitrogens with zero attached hydrogens (tertiary/aromatic N) is 3. The first-order valence-corrected chi connectivity index (χ1v) is 27.0. The topological polar surface area (TPSA) is 11.4 Å². The van der Waals surface area contributed by atoms with Gasteiger partial charge in [0.15, 0.2) is 0 Å². The van der Waals surface area contributed by atoms with Gasteiger partial charge in [-0.3, -0.25) is 0 Å². The van der Waals surface area contributed by atoms with E-state index in [4.69, 9.17) is 0 Å². The number of benzene rings is 12. The van der Waals surface area contributed by atoms with Crippen LogP contribution in [0.2, 0.25) is 0 Å². The van der Waals surface area contributed by atoms with Gasteiger partial charge in [0.1, 0.15) is 0 Å². The largest absolute Gasteiger partial charge is 0.311 e. The van der Waals surface area contributed by atoms with Gasteiger partial charge in [0.05, 0.1) is 11.0 Å². The van der Waals surface area contributed by atoms with Crippen molar-refractivity contribution >= 4 is 55.9 Å². The van der Waals surface area contributed by atoms with Gasteiger partial charge in [-0.2, -0.15) is 0 Å². The van der Waals surface area contributed by atoms with E-state index in [0.29, 0.717) is 0 Å². The zero-order chi connectivity index (χ0) is 52.2. The zero-order valence-electron chi connectivity index (χ0n) is 43.6. The molecule has 0 spiro atoms. The van der Waals surface area contributed by atoms with Gasteiger partial charge in [-0.1, -0.05) is 202 Å². The molecule has 1 aromatic heterocycles. The molecule has 0 radical (unpaired) electrons. The SMILES string of the molecule is CC1(C)c2ccccc2-c2ccc(-n3c4ccc(-c5ccc(-c6ccc(N(c7ccccc7)c7ccccc7)cc6)cc5)cc4c4cc(-c5ccc(-c6ccc(N(c7ccccc7)c7ccccc7)cc6)cc5)ccc43)cc21. The summed E-state index contributed by atoms with van der Waals surface area (Å²) in [4.78, 5) is 4.60. The molecule has 1 heterocycles. The average Bonchev–Trinajstić information content (AvgIpc) is 3.98. The Morgan fingerprint density at radius 1 is 0.256 bits per heavy atom. The number of para-hydroxylation sites is 4. The van der Waals surface area contributed by atoms with E-state index in [1.165, 1.54) is 94.3 Å². The van der Waals surface area contributed by atoms with Crippen LogP contribution in [0.3, 0.4) is 0 Å². The lowest BCUT2D eigenvalue weighted by Gasteiger charge is -2.25. The Labute approximate surface area is 456 Å². The molecule has 0 amide bonds. The van der Waals surface area contributed by atoms with Crippen LogP contribution in [0.15, 0.2) is 297 Å². The third-order valence-electron chi connectivity index (χ3n) is 16.0. The fourth-order valence-electron chi connectivity index (χ4n) is 12.0. The van der Waals surface area contributed by atoms with E-state index < -0.39 is 0 Å². The summed E-state index contributed by atoms with van der Waals surface area (Å²) < 4.78 is 2.48. The number of rotatable bonds is 11. The smallest absolute Gasteiger partial charge is 0.0541 e. The van der Waals surface area contributed by atoms with Gasteiger partial charge < -0.3 is 14.4 Å². The minimum Gasteiger partial charge on any atom is -0.311 e. The molecule has 3 heteroatoms. The molecule has 0 bridgehead atoms. The Kier molecular flexibility index (Phi) is 11.5. The minimum atomic E-state index is -0.112. The highest BCUT2D eigenvalue weighted by molar-refractivity contribution is 6.12. The van der Waals surface area contributed by atoms with Crippen molar-refractivity contribution < 1.29 is 0 Å². The summed E-state index contributed by atoms with van der Waals surface area (Å²) >= 11 is 0. The molecule has 1 aliphatic carbocycles. The molecule has 370 valence electrons. The number of fused-ring (bicyclic) bond motifs is 6. The van der Waals surface area contributed by atoms with E-state index in [-0.39, 0.29) is 5.41 Å². The maximum Gasteiger partial charge on any atom is 0.0541 e. The molecule has 0 saturated carbocycles. The predicted molar refractivity (Wildman–Crippen MR) is 329 cm³/mol. The molecule has 0 aliphatic heterocycles. The van der Waals surface area contributed by atoms with Gasteiger partial charge in [0.2, 0.25) is 0 Å². The van der Waals surface area contributed by atoms with Crippen LogP contribution in [0.4, 0.5) is 34.1 Å². The highest BCUT2D eigenvalue weighted by atomic mass is 15.1. The molecule has 0 atom stereocenters. The van der Waals surface area contributed by atoms with Gasteiger partial charge >= 0.3 is 0 Å². The molecule has 78 heavy (non-hydrogen) atoms. The van der Waals surface area contributed by atoms with Gasteiger partial charge in [-0.05, 0) is 176 Å². The lowest BCUT2D eigenvalue weighted by molar-refractivity contribution is 0.660. The fourth-order valence-corrected chi connectivity index (χ4v) is 12.0. The van der Waals surface area contributed by atoms with E-state index in [2.05, 4.69) is 325 Å². The second-order valence-electron chi connectivity index (χ2n) is 21.0. The first-order chi connectivity index (χ1) is 38.4.